The van der Waals surface area contributed by atoms with Crippen LogP contribution in [0, 0.1) is 35.5 Å². The third-order valence-electron chi connectivity index (χ3n) is 22.9. The Bertz CT molecular complexity index is 4620. The predicted molar refractivity (Wildman–Crippen MR) is 566 cm³/mol. The zero-order valence-electron chi connectivity index (χ0n) is 87.0. The van der Waals surface area contributed by atoms with Crippen LogP contribution >= 0.6 is 0 Å². The van der Waals surface area contributed by atoms with Crippen molar-refractivity contribution in [2.75, 3.05) is 105 Å². The molecule has 13 atom stereocenters. The lowest BCUT2D eigenvalue weighted by Gasteiger charge is -2.25. The van der Waals surface area contributed by atoms with Gasteiger partial charge in [0.05, 0.1) is 30.2 Å². The highest BCUT2D eigenvalue weighted by Crippen LogP contribution is 2.18. The summed E-state index contributed by atoms with van der Waals surface area (Å²) in [5, 5.41) is 105. The number of aromatic hydroxyl groups is 4. The molecule has 0 aliphatic carbocycles. The number of phenolic OH excluding ortho intramolecular Hbond substituents is 4. The largest absolute Gasteiger partial charge is 0.508 e. The number of nitrogens with two attached hydrogens (primary N) is 5. The molecular weight excluding hydrogens is 1880 g/mol. The maximum atomic E-state index is 12.9. The van der Waals surface area contributed by atoms with Gasteiger partial charge >= 0.3 is 78.4 Å². The topological polar surface area (TPSA) is 722 Å². The van der Waals surface area contributed by atoms with Crippen molar-refractivity contribution in [3.05, 3.63) is 155 Å². The highest BCUT2D eigenvalue weighted by molar-refractivity contribution is 5.80. The summed E-state index contributed by atoms with van der Waals surface area (Å²) in [6, 6.07) is 26.7. The van der Waals surface area contributed by atoms with Crippen LogP contribution in [0.1, 0.15) is 156 Å². The maximum absolute atomic E-state index is 12.9. The van der Waals surface area contributed by atoms with Gasteiger partial charge in [-0.3, -0.25) is 0 Å². The first-order valence-electron chi connectivity index (χ1n) is 50.1. The van der Waals surface area contributed by atoms with Gasteiger partial charge in [-0.25, -0.2) is 62.3 Å². The van der Waals surface area contributed by atoms with E-state index < -0.39 is 84.5 Å². The third-order valence-corrected chi connectivity index (χ3v) is 22.9. The number of rotatable bonds is 59. The van der Waals surface area contributed by atoms with Crippen molar-refractivity contribution in [2.45, 2.75) is 227 Å². The minimum atomic E-state index is -0.727. The summed E-state index contributed by atoms with van der Waals surface area (Å²) in [5.74, 6) is 1.33. The van der Waals surface area contributed by atoms with Gasteiger partial charge in [0, 0.05) is 128 Å². The average molecular weight is 2050 g/mol. The fourth-order valence-corrected chi connectivity index (χ4v) is 14.6. The number of unbranched alkanes of at least 4 members (excludes halogenated alkanes) is 2. The Hall–Kier alpha value is -14.3. The SMILES string of the molecule is CC(C)[C@@H](CNC(=O)N[C@H](CNC(N)=O)Cc1ccc(O)cc1)NC(=O)NC[C@H](C)NC(=O)NC[C@@H](C)Cc1ccc(O)cc1.CC(C)[C@@H](CNC(=O)N[C@H](CNC(N)=O)Cc1ccc(O)cc1)NC(=O)NC[C@H](C)NC(=O)NC[C@H](CCCCN)NC(=O)NC[C@@H](C)Cc1ccccc1.CNC(=O)NC[C@@H](NC(=O)NC[C@H](CC(C)C)NC(=O)NC[C@H](CCCCN)NC(=O)NC[C@@H](N)Cc1ccc(O)cc1)C(C)C. The zero-order valence-corrected chi connectivity index (χ0v) is 87.0. The van der Waals surface area contributed by atoms with E-state index in [1.54, 1.807) is 74.5 Å². The molecule has 146 heavy (non-hydrogen) atoms. The summed E-state index contributed by atoms with van der Waals surface area (Å²) in [7, 11) is 1.52. The molecule has 46 heteroatoms. The molecule has 0 saturated heterocycles. The van der Waals surface area contributed by atoms with Crippen LogP contribution in [0.4, 0.5) is 62.3 Å². The van der Waals surface area contributed by atoms with Gasteiger partial charge in [0.1, 0.15) is 23.0 Å². The average Bonchev–Trinajstić information content (AvgIpc) is 0.869. The molecule has 816 valence electrons. The molecule has 0 unspecified atom stereocenters. The van der Waals surface area contributed by atoms with Crippen LogP contribution in [0.2, 0.25) is 0 Å². The van der Waals surface area contributed by atoms with Crippen molar-refractivity contribution in [2.24, 2.45) is 64.2 Å². The standard InChI is InChI=1S/C38H63N11O6.C31H58N10O5.C31H48N8O6/c1-25(2)33(24-45-37(54)48-31(23-41-34(40)51)19-29-13-15-32(50)16-14-29)49-38(55)43-21-27(4)46-35(52)44-22-30(12-8-9-17-39)47-36(53)42-20-26(3)18-28-10-6-5-7-11-28;1-20(2)14-25(18-37-31(46)41-27(21(3)4)19-38-28(43)34-5)40-30(45)36-17-24(8-6-7-13-32)39-29(44)35-16-23(33)15-22-9-11-26(42)12-10-22;1-19(2)27(18-36-30(44)38-24(17-33-28(32)42)14-23-7-11-26(41)12-8-23)39-31(45)35-16-21(4)37-29(43)34-15-20(3)13-22-5-9-25(40)10-6-22/h5-7,10-11,13-16,25-27,30-31,33,50H,8-9,12,17-24,39H2,1-4H3,(H3,40,41,51)(H2,42,47,53)(H2,43,49,55)(H2,44,46,52)(H2,45,48,54);9-12,20-21,23-25,27,42H,6-8,13-19,32-33H2,1-5H3,(H2,34,38,43)(H2,35,39,44)(H2,36,40,45)(H2,37,41,46);5-12,19-21,24,27,40-41H,13-18H2,1-4H3,(H3,32,33,42)(H2,34,37,43)(H2,35,39,45)(H2,36,38,44)/t26-,27-,30-,31-,33+;23-,24-,25-,27+;20-,21-,24-,27+/m000/s1. The van der Waals surface area contributed by atoms with Gasteiger partial charge in [-0.15, -0.1) is 0 Å². The van der Waals surface area contributed by atoms with Crippen molar-refractivity contribution in [1.82, 2.24) is 128 Å². The van der Waals surface area contributed by atoms with Gasteiger partial charge in [0.15, 0.2) is 0 Å². The number of urea groups is 13. The molecule has 0 aliphatic rings. The molecule has 26 amide bonds. The molecule has 5 rings (SSSR count). The lowest BCUT2D eigenvalue weighted by atomic mass is 10.0. The van der Waals surface area contributed by atoms with Crippen LogP contribution in [0.3, 0.4) is 0 Å². The van der Waals surface area contributed by atoms with Gasteiger partial charge in [-0.05, 0) is 203 Å². The quantitative estimate of drug-likeness (QED) is 0.0231. The fraction of sp³-hybridized carbons (Fsp3) is 0.570. The Labute approximate surface area is 858 Å². The van der Waals surface area contributed by atoms with Crippen LogP contribution < -0.4 is 156 Å². The molecule has 46 nitrogen and oxygen atoms in total. The van der Waals surface area contributed by atoms with E-state index in [2.05, 4.69) is 147 Å². The van der Waals surface area contributed by atoms with E-state index in [9.17, 15) is 82.8 Å². The molecule has 5 aromatic rings. The Kier molecular flexibility index (Phi) is 62.1. The van der Waals surface area contributed by atoms with E-state index in [4.69, 9.17) is 28.7 Å². The van der Waals surface area contributed by atoms with Crippen LogP contribution in [0.25, 0.3) is 0 Å². The monoisotopic (exact) mass is 2050 g/mol. The Balaban J connectivity index is 0.000000566. The second-order valence-corrected chi connectivity index (χ2v) is 38.2. The third kappa shape index (κ3) is 61.6. The molecule has 0 heterocycles. The van der Waals surface area contributed by atoms with E-state index in [1.807, 2.05) is 92.6 Å². The summed E-state index contributed by atoms with van der Waals surface area (Å²) in [6.07, 6.45) is 7.90. The second kappa shape index (κ2) is 72.0. The van der Waals surface area contributed by atoms with Crippen LogP contribution in [-0.4, -0.2) is 271 Å². The summed E-state index contributed by atoms with van der Waals surface area (Å²) in [6.45, 7) is 27.1. The number of benzene rings is 5. The van der Waals surface area contributed by atoms with Crippen LogP contribution in [0.5, 0.6) is 23.0 Å². The van der Waals surface area contributed by atoms with Gasteiger partial charge < -0.3 is 177 Å². The zero-order chi connectivity index (χ0) is 108. The van der Waals surface area contributed by atoms with Gasteiger partial charge in [-0.1, -0.05) is 161 Å². The summed E-state index contributed by atoms with van der Waals surface area (Å²) >= 11 is 0. The number of carbonyl (C=O) groups is 13. The Morgan fingerprint density at radius 1 is 0.267 bits per heavy atom. The number of phenols is 4. The lowest BCUT2D eigenvalue weighted by Crippen LogP contribution is -2.55. The Morgan fingerprint density at radius 2 is 0.527 bits per heavy atom. The lowest BCUT2D eigenvalue weighted by molar-refractivity contribution is 0.222. The number of hydrogen-bond donors (Lipinski definition) is 33. The first-order chi connectivity index (χ1) is 69.3. The highest BCUT2D eigenvalue weighted by atomic mass is 16.3. The second-order valence-electron chi connectivity index (χ2n) is 38.2. The number of primary amides is 2. The predicted octanol–water partition coefficient (Wildman–Crippen LogP) is 4.85. The molecule has 0 fully saturated rings. The smallest absolute Gasteiger partial charge is 0.315 e. The van der Waals surface area contributed by atoms with Crippen LogP contribution in [0.15, 0.2) is 127 Å². The normalized spacial score (nSPS) is 13.5. The maximum Gasteiger partial charge on any atom is 0.315 e. The number of hydrogen-bond acceptors (Lipinski definition) is 20. The summed E-state index contributed by atoms with van der Waals surface area (Å²) in [4.78, 5) is 161. The van der Waals surface area contributed by atoms with E-state index in [0.29, 0.717) is 64.7 Å². The highest BCUT2D eigenvalue weighted by Gasteiger charge is 2.27. The van der Waals surface area contributed by atoms with Crippen molar-refractivity contribution < 1.29 is 82.8 Å². The van der Waals surface area contributed by atoms with Crippen LogP contribution in [-0.2, 0) is 32.1 Å². The minimum Gasteiger partial charge on any atom is -0.508 e. The first-order valence-corrected chi connectivity index (χ1v) is 50.1. The first kappa shape index (κ1) is 126. The van der Waals surface area contributed by atoms with Gasteiger partial charge in [0.25, 0.3) is 0 Å². The fourth-order valence-electron chi connectivity index (χ4n) is 14.6. The molecule has 0 bridgehead atoms. The van der Waals surface area contributed by atoms with Crippen molar-refractivity contribution in [3.63, 3.8) is 0 Å². The molecule has 38 N–H and O–H groups in total. The van der Waals surface area contributed by atoms with E-state index in [-0.39, 0.29) is 191 Å². The van der Waals surface area contributed by atoms with E-state index >= 15 is 0 Å². The molecule has 0 saturated carbocycles. The van der Waals surface area contributed by atoms with E-state index in [1.165, 1.54) is 36.9 Å². The Morgan fingerprint density at radius 3 is 0.849 bits per heavy atom. The van der Waals surface area contributed by atoms with Crippen molar-refractivity contribution in [1.29, 1.82) is 0 Å². The summed E-state index contributed by atoms with van der Waals surface area (Å²) < 4.78 is 0. The summed E-state index contributed by atoms with van der Waals surface area (Å²) in [5.41, 5.74) is 32.8. The molecule has 5 aromatic carbocycles. The number of nitrogens with one attached hydrogen (secondary N) is 24. The molecule has 0 aliphatic heterocycles. The van der Waals surface area contributed by atoms with Crippen molar-refractivity contribution in [3.8, 4) is 23.0 Å². The van der Waals surface area contributed by atoms with Gasteiger partial charge in [0.2, 0.25) is 0 Å². The number of carbonyl (C=O) groups excluding carboxylic acids is 13. The number of amides is 26. The molecular formula is C100H169N29O17. The molecule has 0 spiro atoms. The minimum absolute atomic E-state index is 0.00902. The van der Waals surface area contributed by atoms with E-state index in [0.717, 1.165) is 60.8 Å². The van der Waals surface area contributed by atoms with Crippen molar-refractivity contribution >= 4 is 78.4 Å². The molecule has 0 radical (unpaired) electrons. The van der Waals surface area contributed by atoms with Gasteiger partial charge in [-0.2, -0.15) is 0 Å². The molecule has 0 aromatic heterocycles.